The van der Waals surface area contributed by atoms with Crippen molar-refractivity contribution in [2.24, 2.45) is 0 Å². The van der Waals surface area contributed by atoms with E-state index in [0.717, 1.165) is 33.9 Å². The molecule has 430 valence electrons. The molecule has 0 aliphatic carbocycles. The monoisotopic (exact) mass is 1150 g/mol. The van der Waals surface area contributed by atoms with E-state index in [2.05, 4.69) is 351 Å². The average molecular weight is 1160 g/mol. The Morgan fingerprint density at radius 3 is 0.856 bits per heavy atom. The van der Waals surface area contributed by atoms with Crippen molar-refractivity contribution in [2.75, 3.05) is 0 Å². The zero-order valence-electron chi connectivity index (χ0n) is 51.5. The molecule has 0 spiro atoms. The highest BCUT2D eigenvalue weighted by atomic mass is 15.0. The molecular weight excluding hydrogens is 1090 g/mol. The highest BCUT2D eigenvalue weighted by Crippen LogP contribution is 2.53. The van der Waals surface area contributed by atoms with Gasteiger partial charge < -0.3 is 18.3 Å². The number of hydrogen-bond donors (Lipinski definition) is 0. The summed E-state index contributed by atoms with van der Waals surface area (Å²) in [6, 6.07) is 108. The molecule has 4 nitrogen and oxygen atoms in total. The highest BCUT2D eigenvalue weighted by Gasteiger charge is 2.33. The van der Waals surface area contributed by atoms with Gasteiger partial charge in [-0.05, 0) is 163 Å². The number of rotatable bonds is 8. The fraction of sp³-hybridized carbons (Fsp3) is 0.0930. The van der Waals surface area contributed by atoms with Gasteiger partial charge in [-0.25, -0.2) is 0 Å². The predicted molar refractivity (Wildman–Crippen MR) is 383 cm³/mol. The lowest BCUT2D eigenvalue weighted by molar-refractivity contribution is 0.593. The van der Waals surface area contributed by atoms with Gasteiger partial charge in [0.25, 0.3) is 0 Å². The van der Waals surface area contributed by atoms with E-state index in [1.165, 1.54) is 132 Å². The van der Waals surface area contributed by atoms with Gasteiger partial charge in [-0.15, -0.1) is 0 Å². The predicted octanol–water partition coefficient (Wildman–Crippen LogP) is 23.3. The second-order valence-electron chi connectivity index (χ2n) is 26.4. The molecule has 0 bridgehead atoms. The molecule has 0 radical (unpaired) electrons. The van der Waals surface area contributed by atoms with Gasteiger partial charge in [0.2, 0.25) is 0 Å². The van der Waals surface area contributed by atoms with Gasteiger partial charge in [-0.1, -0.05) is 236 Å². The Labute approximate surface area is 524 Å². The van der Waals surface area contributed by atoms with Crippen LogP contribution in [0, 0.1) is 0 Å². The molecular formula is C86H66N4. The zero-order valence-corrected chi connectivity index (χ0v) is 51.5. The van der Waals surface area contributed by atoms with Crippen molar-refractivity contribution < 1.29 is 0 Å². The van der Waals surface area contributed by atoms with Crippen LogP contribution >= 0.6 is 0 Å². The maximum Gasteiger partial charge on any atom is 0.0619 e. The summed E-state index contributed by atoms with van der Waals surface area (Å²) >= 11 is 0. The Hall–Kier alpha value is -10.9. The molecule has 0 amide bonds. The largest absolute Gasteiger partial charge is 0.309 e. The Morgan fingerprint density at radius 2 is 0.500 bits per heavy atom. The van der Waals surface area contributed by atoms with Gasteiger partial charge in [0, 0.05) is 66.2 Å². The first-order chi connectivity index (χ1) is 44.0. The Kier molecular flexibility index (Phi) is 12.0. The number of para-hydroxylation sites is 4. The molecule has 0 fully saturated rings. The lowest BCUT2D eigenvalue weighted by Gasteiger charge is -2.31. The lowest BCUT2D eigenvalue weighted by Crippen LogP contribution is -2.17. The van der Waals surface area contributed by atoms with Crippen molar-refractivity contribution >= 4 is 87.0 Å². The minimum atomic E-state index is -0.301. The molecule has 13 aromatic carbocycles. The summed E-state index contributed by atoms with van der Waals surface area (Å²) in [4.78, 5) is 0. The molecule has 0 saturated carbocycles. The van der Waals surface area contributed by atoms with E-state index >= 15 is 0 Å². The molecule has 17 rings (SSSR count). The third kappa shape index (κ3) is 8.21. The van der Waals surface area contributed by atoms with Crippen molar-refractivity contribution in [3.8, 4) is 67.5 Å². The van der Waals surface area contributed by atoms with Gasteiger partial charge in [-0.3, -0.25) is 0 Å². The topological polar surface area (TPSA) is 19.7 Å². The van der Waals surface area contributed by atoms with E-state index in [0.29, 0.717) is 0 Å². The van der Waals surface area contributed by atoms with Gasteiger partial charge in [0.05, 0.1) is 44.5 Å². The summed E-state index contributed by atoms with van der Waals surface area (Å²) in [7, 11) is 0. The fourth-order valence-corrected chi connectivity index (χ4v) is 15.4. The van der Waals surface area contributed by atoms with Crippen molar-refractivity contribution in [2.45, 2.75) is 52.4 Å². The van der Waals surface area contributed by atoms with Crippen LogP contribution in [0.3, 0.4) is 0 Å². The lowest BCUT2D eigenvalue weighted by atomic mass is 9.73. The van der Waals surface area contributed by atoms with Crippen LogP contribution in [0.25, 0.3) is 154 Å². The first kappa shape index (κ1) is 53.3. The summed E-state index contributed by atoms with van der Waals surface area (Å²) in [5.41, 5.74) is 23.1. The third-order valence-corrected chi connectivity index (χ3v) is 18.9. The van der Waals surface area contributed by atoms with Gasteiger partial charge in [0.1, 0.15) is 0 Å². The number of benzene rings is 13. The molecule has 4 aromatic heterocycles. The quantitative estimate of drug-likeness (QED) is 0.135. The Morgan fingerprint density at radius 1 is 0.200 bits per heavy atom. The molecule has 4 heterocycles. The van der Waals surface area contributed by atoms with Crippen LogP contribution in [0.5, 0.6) is 0 Å². The van der Waals surface area contributed by atoms with E-state index in [1.54, 1.807) is 0 Å². The van der Waals surface area contributed by atoms with Gasteiger partial charge >= 0.3 is 0 Å². The smallest absolute Gasteiger partial charge is 0.0619 e. The molecule has 0 atom stereocenters. The molecule has 0 saturated heterocycles. The van der Waals surface area contributed by atoms with Gasteiger partial charge in [-0.2, -0.15) is 0 Å². The van der Waals surface area contributed by atoms with Crippen molar-refractivity contribution in [1.82, 2.24) is 18.3 Å². The van der Waals surface area contributed by atoms with E-state index in [-0.39, 0.29) is 10.8 Å². The molecule has 17 aromatic rings. The van der Waals surface area contributed by atoms with Crippen LogP contribution < -0.4 is 0 Å². The van der Waals surface area contributed by atoms with E-state index in [4.69, 9.17) is 0 Å². The minimum absolute atomic E-state index is 0.301. The third-order valence-electron chi connectivity index (χ3n) is 18.9. The Bertz CT molecular complexity index is 5320. The average Bonchev–Trinajstić information content (AvgIpc) is 1.39. The van der Waals surface area contributed by atoms with Crippen LogP contribution in [0.1, 0.15) is 52.7 Å². The normalized spacial score (nSPS) is 12.3. The molecule has 90 heavy (non-hydrogen) atoms. The molecule has 0 unspecified atom stereocenters. The molecule has 4 heteroatoms. The molecule has 0 aliphatic rings. The Balaban J connectivity index is 1.03. The zero-order chi connectivity index (χ0) is 60.6. The first-order valence-corrected chi connectivity index (χ1v) is 31.6. The second-order valence-corrected chi connectivity index (χ2v) is 26.4. The van der Waals surface area contributed by atoms with Gasteiger partial charge in [0.15, 0.2) is 0 Å². The van der Waals surface area contributed by atoms with Crippen LogP contribution in [-0.4, -0.2) is 18.3 Å². The van der Waals surface area contributed by atoms with Crippen LogP contribution in [0.2, 0.25) is 0 Å². The maximum absolute atomic E-state index is 2.59. The number of fused-ring (bicyclic) bond motifs is 10. The maximum atomic E-state index is 2.59. The van der Waals surface area contributed by atoms with Crippen LogP contribution in [0.15, 0.2) is 291 Å². The van der Waals surface area contributed by atoms with Crippen molar-refractivity contribution in [3.63, 3.8) is 0 Å². The van der Waals surface area contributed by atoms with E-state index < -0.39 is 0 Å². The highest BCUT2D eigenvalue weighted by molar-refractivity contribution is 6.20. The summed E-state index contributed by atoms with van der Waals surface area (Å²) < 4.78 is 10.0. The minimum Gasteiger partial charge on any atom is -0.309 e. The number of hydrogen-bond acceptors (Lipinski definition) is 0. The summed E-state index contributed by atoms with van der Waals surface area (Å²) in [5, 5.41) is 12.4. The van der Waals surface area contributed by atoms with Crippen LogP contribution in [-0.2, 0) is 10.8 Å². The molecule has 0 aliphatic heterocycles. The number of aromatic nitrogens is 4. The molecule has 0 N–H and O–H groups in total. The number of nitrogens with zero attached hydrogens (tertiary/aromatic N) is 4. The first-order valence-electron chi connectivity index (χ1n) is 31.6. The van der Waals surface area contributed by atoms with E-state index in [9.17, 15) is 0 Å². The fourth-order valence-electron chi connectivity index (χ4n) is 15.4. The van der Waals surface area contributed by atoms with Crippen LogP contribution in [0.4, 0.5) is 0 Å². The van der Waals surface area contributed by atoms with E-state index in [1.807, 2.05) is 0 Å². The van der Waals surface area contributed by atoms with Crippen molar-refractivity contribution in [1.29, 1.82) is 0 Å². The summed E-state index contributed by atoms with van der Waals surface area (Å²) in [6.45, 7) is 14.5. The summed E-state index contributed by atoms with van der Waals surface area (Å²) in [5.74, 6) is 0. The standard InChI is InChI=1S/C86H66N4/c1-85(2,3)81-67-51-71-78(90(83(57-33-17-9-18-34-57)79(71)55-29-13-7-14-30-55)62-46-48-76-66(50-62)64-42-26-28-44-74(64)88(76)60-39-23-12-24-40-60)54-70(67)82(86(4,5)6)68-52-72-77(53-69(68)81)89(84(58-35-19-10-20-36-58)80(72)56-31-15-8-16-32-56)61-45-47-75-65(49-61)63-41-25-27-43-73(63)87(75)59-37-21-11-22-38-59/h7-54H,1-6H3. The summed E-state index contributed by atoms with van der Waals surface area (Å²) in [6.07, 6.45) is 0. The SMILES string of the molecule is CC(C)(C)c1c2cc3c(-c4ccccc4)c(-c4ccccc4)n(-c4ccc5c(c4)c4ccccc4n5-c4ccccc4)c3cc2c(C(C)(C)C)c2cc3c(-c4ccccc4)c(-c4ccccc4)n(-c4ccc5c(c4)c4ccccc4n5-c4ccccc4)c3cc12. The van der Waals surface area contributed by atoms with Crippen molar-refractivity contribution in [3.05, 3.63) is 302 Å². The second kappa shape index (κ2) is 20.3.